The van der Waals surface area contributed by atoms with Crippen molar-refractivity contribution in [3.63, 3.8) is 0 Å². The molecule has 0 amide bonds. The maximum Gasteiger partial charge on any atom is 0.0542 e. The van der Waals surface area contributed by atoms with Crippen molar-refractivity contribution in [1.29, 1.82) is 0 Å². The van der Waals surface area contributed by atoms with Gasteiger partial charge in [-0.2, -0.15) is 0 Å². The highest BCUT2D eigenvalue weighted by atomic mass is 16.5. The van der Waals surface area contributed by atoms with Crippen molar-refractivity contribution in [1.82, 2.24) is 10.3 Å². The van der Waals surface area contributed by atoms with E-state index in [9.17, 15) is 0 Å². The van der Waals surface area contributed by atoms with E-state index in [1.807, 2.05) is 12.3 Å². The Morgan fingerprint density at radius 1 is 1.50 bits per heavy atom. The number of hydrogen-bond acceptors (Lipinski definition) is 4. The first-order valence-electron chi connectivity index (χ1n) is 6.61. The van der Waals surface area contributed by atoms with Crippen molar-refractivity contribution in [2.24, 2.45) is 11.1 Å². The Morgan fingerprint density at radius 2 is 2.33 bits per heavy atom. The zero-order valence-electron chi connectivity index (χ0n) is 11.1. The molecular formula is C14H23N3O. The fourth-order valence-corrected chi connectivity index (χ4v) is 2.23. The van der Waals surface area contributed by atoms with Crippen LogP contribution in [0.15, 0.2) is 18.3 Å². The van der Waals surface area contributed by atoms with E-state index < -0.39 is 0 Å². The van der Waals surface area contributed by atoms with Gasteiger partial charge in [-0.1, -0.05) is 0 Å². The number of aromatic nitrogens is 1. The molecule has 0 atom stereocenters. The molecule has 0 saturated heterocycles. The number of ether oxygens (including phenoxy) is 1. The predicted molar refractivity (Wildman–Crippen MR) is 72.0 cm³/mol. The molecule has 0 aromatic carbocycles. The number of hydrogen-bond donors (Lipinski definition) is 2. The van der Waals surface area contributed by atoms with E-state index in [-0.39, 0.29) is 0 Å². The van der Waals surface area contributed by atoms with Gasteiger partial charge in [-0.15, -0.1) is 0 Å². The Labute approximate surface area is 109 Å². The summed E-state index contributed by atoms with van der Waals surface area (Å²) in [5, 5.41) is 3.54. The molecule has 1 aromatic rings. The number of rotatable bonds is 8. The molecule has 0 bridgehead atoms. The van der Waals surface area contributed by atoms with Gasteiger partial charge in [0.2, 0.25) is 0 Å². The van der Waals surface area contributed by atoms with Crippen LogP contribution in [-0.2, 0) is 17.8 Å². The van der Waals surface area contributed by atoms with Gasteiger partial charge in [0, 0.05) is 39.5 Å². The Balaban J connectivity index is 1.74. The monoisotopic (exact) mass is 249 g/mol. The van der Waals surface area contributed by atoms with Gasteiger partial charge in [0.25, 0.3) is 0 Å². The Kier molecular flexibility index (Phi) is 4.69. The number of pyridine rings is 1. The molecule has 2 rings (SSSR count). The van der Waals surface area contributed by atoms with E-state index >= 15 is 0 Å². The first-order chi connectivity index (χ1) is 8.78. The van der Waals surface area contributed by atoms with E-state index in [2.05, 4.69) is 16.4 Å². The number of nitrogens with one attached hydrogen (secondary N) is 1. The lowest BCUT2D eigenvalue weighted by atomic mass is 10.0. The second-order valence-corrected chi connectivity index (χ2v) is 5.21. The average molecular weight is 249 g/mol. The van der Waals surface area contributed by atoms with Gasteiger partial charge in [0.1, 0.15) is 0 Å². The summed E-state index contributed by atoms with van der Waals surface area (Å²) < 4.78 is 5.16. The van der Waals surface area contributed by atoms with Crippen LogP contribution in [0.1, 0.15) is 30.5 Å². The summed E-state index contributed by atoms with van der Waals surface area (Å²) in [5.41, 5.74) is 8.30. The Bertz CT molecular complexity index is 377. The van der Waals surface area contributed by atoms with Crippen LogP contribution >= 0.6 is 0 Å². The molecule has 1 aromatic heterocycles. The van der Waals surface area contributed by atoms with Crippen LogP contribution in [0, 0.1) is 5.41 Å². The number of methoxy groups -OCH3 is 1. The van der Waals surface area contributed by atoms with E-state index in [0.29, 0.717) is 12.0 Å². The highest BCUT2D eigenvalue weighted by Gasteiger charge is 2.41. The van der Waals surface area contributed by atoms with E-state index in [1.54, 1.807) is 7.11 Å². The van der Waals surface area contributed by atoms with Gasteiger partial charge in [-0.05, 0) is 42.4 Å². The summed E-state index contributed by atoms with van der Waals surface area (Å²) >= 11 is 0. The van der Waals surface area contributed by atoms with Gasteiger partial charge < -0.3 is 15.8 Å². The minimum absolute atomic E-state index is 0.500. The first kappa shape index (κ1) is 13.5. The van der Waals surface area contributed by atoms with Crippen LogP contribution in [0.25, 0.3) is 0 Å². The van der Waals surface area contributed by atoms with Crippen molar-refractivity contribution in [2.75, 3.05) is 20.3 Å². The predicted octanol–water partition coefficient (Wildman–Crippen LogP) is 1.45. The molecule has 100 valence electrons. The maximum absolute atomic E-state index is 5.58. The maximum atomic E-state index is 5.58. The summed E-state index contributed by atoms with van der Waals surface area (Å²) in [4.78, 5) is 4.20. The smallest absolute Gasteiger partial charge is 0.0542 e. The molecule has 1 heterocycles. The zero-order chi connectivity index (χ0) is 12.8. The lowest BCUT2D eigenvalue weighted by Gasteiger charge is -2.15. The molecule has 1 aliphatic rings. The molecule has 4 heteroatoms. The van der Waals surface area contributed by atoms with Gasteiger partial charge in [0.05, 0.1) is 5.69 Å². The topological polar surface area (TPSA) is 60.2 Å². The van der Waals surface area contributed by atoms with Crippen LogP contribution < -0.4 is 11.1 Å². The minimum Gasteiger partial charge on any atom is -0.385 e. The molecule has 3 N–H and O–H groups in total. The molecule has 1 aliphatic carbocycles. The van der Waals surface area contributed by atoms with E-state index in [0.717, 1.165) is 25.4 Å². The quantitative estimate of drug-likeness (QED) is 0.732. The molecule has 4 nitrogen and oxygen atoms in total. The highest BCUT2D eigenvalue weighted by Crippen LogP contribution is 2.48. The van der Waals surface area contributed by atoms with E-state index in [1.165, 1.54) is 24.8 Å². The summed E-state index contributed by atoms with van der Waals surface area (Å²) in [6.45, 7) is 3.35. The van der Waals surface area contributed by atoms with Crippen molar-refractivity contribution in [2.45, 2.75) is 32.4 Å². The lowest BCUT2D eigenvalue weighted by Crippen LogP contribution is -2.24. The van der Waals surface area contributed by atoms with Gasteiger partial charge in [0.15, 0.2) is 0 Å². The summed E-state index contributed by atoms with van der Waals surface area (Å²) in [7, 11) is 1.77. The third kappa shape index (κ3) is 3.77. The second-order valence-electron chi connectivity index (χ2n) is 5.21. The normalized spacial score (nSPS) is 16.8. The summed E-state index contributed by atoms with van der Waals surface area (Å²) in [5.74, 6) is 0. The SMILES string of the molecule is COCCC1(CNCc2ccnc(CN)c2)CC1. The molecule has 18 heavy (non-hydrogen) atoms. The fraction of sp³-hybridized carbons (Fsp3) is 0.643. The van der Waals surface area contributed by atoms with Crippen LogP contribution in [0.5, 0.6) is 0 Å². The van der Waals surface area contributed by atoms with Crippen molar-refractivity contribution >= 4 is 0 Å². The molecule has 0 spiro atoms. The van der Waals surface area contributed by atoms with Gasteiger partial charge in [-0.3, -0.25) is 4.98 Å². The highest BCUT2D eigenvalue weighted by molar-refractivity contribution is 5.16. The van der Waals surface area contributed by atoms with Crippen LogP contribution in [0.4, 0.5) is 0 Å². The molecule has 0 radical (unpaired) electrons. The van der Waals surface area contributed by atoms with Crippen molar-refractivity contribution < 1.29 is 4.74 Å². The Hall–Kier alpha value is -0.970. The molecule has 1 saturated carbocycles. The van der Waals surface area contributed by atoms with Gasteiger partial charge >= 0.3 is 0 Å². The van der Waals surface area contributed by atoms with E-state index in [4.69, 9.17) is 10.5 Å². The standard InChI is InChI=1S/C14H23N3O/c1-18-7-5-14(3-4-14)11-16-10-12-2-6-17-13(8-12)9-15/h2,6,8,16H,3-5,7,9-11,15H2,1H3. The molecule has 0 unspecified atom stereocenters. The minimum atomic E-state index is 0.500. The Morgan fingerprint density at radius 3 is 3.00 bits per heavy atom. The molecular weight excluding hydrogens is 226 g/mol. The first-order valence-corrected chi connectivity index (χ1v) is 6.61. The second kappa shape index (κ2) is 6.27. The van der Waals surface area contributed by atoms with Crippen LogP contribution in [0.2, 0.25) is 0 Å². The average Bonchev–Trinajstić information content (AvgIpc) is 3.17. The molecule has 0 aliphatic heterocycles. The summed E-state index contributed by atoms with van der Waals surface area (Å²) in [6.07, 6.45) is 5.65. The lowest BCUT2D eigenvalue weighted by molar-refractivity contribution is 0.171. The van der Waals surface area contributed by atoms with Crippen LogP contribution in [0.3, 0.4) is 0 Å². The fourth-order valence-electron chi connectivity index (χ4n) is 2.23. The van der Waals surface area contributed by atoms with Crippen LogP contribution in [-0.4, -0.2) is 25.2 Å². The third-order valence-electron chi connectivity index (χ3n) is 3.71. The van der Waals surface area contributed by atoms with Gasteiger partial charge in [-0.25, -0.2) is 0 Å². The zero-order valence-corrected chi connectivity index (χ0v) is 11.1. The summed E-state index contributed by atoms with van der Waals surface area (Å²) in [6, 6.07) is 4.11. The number of nitrogens with zero attached hydrogens (tertiary/aromatic N) is 1. The largest absolute Gasteiger partial charge is 0.385 e. The van der Waals surface area contributed by atoms with Crippen molar-refractivity contribution in [3.05, 3.63) is 29.6 Å². The number of nitrogens with two attached hydrogens (primary N) is 1. The molecule has 1 fully saturated rings. The third-order valence-corrected chi connectivity index (χ3v) is 3.71. The van der Waals surface area contributed by atoms with Crippen molar-refractivity contribution in [3.8, 4) is 0 Å².